The quantitative estimate of drug-likeness (QED) is 0.792. The van der Waals surface area contributed by atoms with Crippen LogP contribution in [0.25, 0.3) is 11.1 Å². The minimum Gasteiger partial charge on any atom is -0.431 e. The van der Waals surface area contributed by atoms with Crippen LogP contribution in [-0.4, -0.2) is 9.97 Å². The molecule has 0 amide bonds. The highest BCUT2D eigenvalue weighted by atomic mass is 32.1. The standard InChI is InChI=1S/C15H13N3OS/c1-10-2-4-12(19-15-17-6-7-20-15)8-13(10)11-3-5-14(16)18-9-11/h2-9H,1H3,(H2,16,18). The van der Waals surface area contributed by atoms with Gasteiger partial charge < -0.3 is 10.5 Å². The van der Waals surface area contributed by atoms with Crippen molar-refractivity contribution in [1.29, 1.82) is 0 Å². The Morgan fingerprint density at radius 3 is 2.75 bits per heavy atom. The van der Waals surface area contributed by atoms with E-state index in [2.05, 4.69) is 16.9 Å². The molecule has 1 aromatic carbocycles. The average Bonchev–Trinajstić information content (AvgIpc) is 2.95. The normalized spacial score (nSPS) is 10.4. The van der Waals surface area contributed by atoms with E-state index in [1.54, 1.807) is 18.5 Å². The Kier molecular flexibility index (Phi) is 3.35. The largest absolute Gasteiger partial charge is 0.431 e. The third-order valence-corrected chi connectivity index (χ3v) is 3.57. The molecule has 0 spiro atoms. The van der Waals surface area contributed by atoms with Crippen molar-refractivity contribution in [3.63, 3.8) is 0 Å². The van der Waals surface area contributed by atoms with E-state index in [4.69, 9.17) is 10.5 Å². The summed E-state index contributed by atoms with van der Waals surface area (Å²) in [4.78, 5) is 8.24. The summed E-state index contributed by atoms with van der Waals surface area (Å²) in [6.07, 6.45) is 3.49. The number of benzene rings is 1. The Bertz CT molecular complexity index is 708. The number of pyridine rings is 1. The second kappa shape index (κ2) is 5.30. The lowest BCUT2D eigenvalue weighted by Crippen LogP contribution is -1.91. The molecule has 0 aliphatic heterocycles. The van der Waals surface area contributed by atoms with Gasteiger partial charge in [-0.3, -0.25) is 0 Å². The summed E-state index contributed by atoms with van der Waals surface area (Å²) >= 11 is 1.46. The SMILES string of the molecule is Cc1ccc(Oc2nccs2)cc1-c1ccc(N)nc1. The van der Waals surface area contributed by atoms with Gasteiger partial charge in [0, 0.05) is 23.3 Å². The van der Waals surface area contributed by atoms with E-state index < -0.39 is 0 Å². The van der Waals surface area contributed by atoms with Crippen molar-refractivity contribution in [3.05, 3.63) is 53.7 Å². The molecular formula is C15H13N3OS. The van der Waals surface area contributed by atoms with E-state index in [-0.39, 0.29) is 0 Å². The van der Waals surface area contributed by atoms with E-state index in [1.807, 2.05) is 29.6 Å². The van der Waals surface area contributed by atoms with Gasteiger partial charge in [-0.1, -0.05) is 17.4 Å². The molecule has 0 saturated heterocycles. The summed E-state index contributed by atoms with van der Waals surface area (Å²) in [6, 6.07) is 9.70. The van der Waals surface area contributed by atoms with Crippen LogP contribution in [0.4, 0.5) is 5.82 Å². The number of nitrogens with zero attached hydrogens (tertiary/aromatic N) is 2. The van der Waals surface area contributed by atoms with Crippen LogP contribution in [0.15, 0.2) is 48.1 Å². The number of hydrogen-bond acceptors (Lipinski definition) is 5. The minimum atomic E-state index is 0.515. The molecule has 0 aliphatic carbocycles. The predicted octanol–water partition coefficient (Wildman–Crippen LogP) is 3.89. The van der Waals surface area contributed by atoms with Crippen LogP contribution in [0.3, 0.4) is 0 Å². The molecule has 5 heteroatoms. The van der Waals surface area contributed by atoms with Gasteiger partial charge in [0.2, 0.25) is 0 Å². The van der Waals surface area contributed by atoms with Crippen molar-refractivity contribution in [2.75, 3.05) is 5.73 Å². The lowest BCUT2D eigenvalue weighted by molar-refractivity contribution is 0.479. The second-order valence-corrected chi connectivity index (χ2v) is 5.21. The van der Waals surface area contributed by atoms with Gasteiger partial charge in [0.15, 0.2) is 0 Å². The Hall–Kier alpha value is -2.40. The van der Waals surface area contributed by atoms with Gasteiger partial charge in [-0.25, -0.2) is 9.97 Å². The summed E-state index contributed by atoms with van der Waals surface area (Å²) in [5.74, 6) is 1.28. The minimum absolute atomic E-state index is 0.515. The van der Waals surface area contributed by atoms with Gasteiger partial charge in [0.1, 0.15) is 11.6 Å². The first kappa shape index (κ1) is 12.6. The third kappa shape index (κ3) is 2.62. The smallest absolute Gasteiger partial charge is 0.278 e. The molecule has 3 rings (SSSR count). The molecule has 2 heterocycles. The first-order valence-electron chi connectivity index (χ1n) is 6.12. The number of anilines is 1. The van der Waals surface area contributed by atoms with Crippen molar-refractivity contribution in [2.45, 2.75) is 6.92 Å². The monoisotopic (exact) mass is 283 g/mol. The number of nitrogens with two attached hydrogens (primary N) is 1. The number of thiazole rings is 1. The number of rotatable bonds is 3. The van der Waals surface area contributed by atoms with Crippen LogP contribution < -0.4 is 10.5 Å². The van der Waals surface area contributed by atoms with Crippen molar-refractivity contribution in [2.24, 2.45) is 0 Å². The lowest BCUT2D eigenvalue weighted by Gasteiger charge is -2.09. The molecule has 100 valence electrons. The third-order valence-electron chi connectivity index (χ3n) is 2.92. The summed E-state index contributed by atoms with van der Waals surface area (Å²) in [6.45, 7) is 2.05. The van der Waals surface area contributed by atoms with Crippen LogP contribution in [0.1, 0.15) is 5.56 Å². The zero-order valence-electron chi connectivity index (χ0n) is 10.9. The molecule has 0 atom stereocenters. The topological polar surface area (TPSA) is 61.0 Å². The van der Waals surface area contributed by atoms with Gasteiger partial charge >= 0.3 is 0 Å². The molecule has 3 aromatic rings. The van der Waals surface area contributed by atoms with Crippen LogP contribution in [0.2, 0.25) is 0 Å². The summed E-state index contributed by atoms with van der Waals surface area (Å²) in [7, 11) is 0. The second-order valence-electron chi connectivity index (χ2n) is 4.35. The molecule has 2 N–H and O–H groups in total. The maximum Gasteiger partial charge on any atom is 0.278 e. The zero-order valence-corrected chi connectivity index (χ0v) is 11.7. The molecular weight excluding hydrogens is 270 g/mol. The molecule has 0 saturated carbocycles. The Labute approximate surface area is 120 Å². The van der Waals surface area contributed by atoms with E-state index >= 15 is 0 Å². The van der Waals surface area contributed by atoms with Gasteiger partial charge in [0.05, 0.1) is 0 Å². The number of ether oxygens (including phenoxy) is 1. The van der Waals surface area contributed by atoms with Gasteiger partial charge in [-0.15, -0.1) is 0 Å². The fourth-order valence-electron chi connectivity index (χ4n) is 1.90. The first-order chi connectivity index (χ1) is 9.72. The fourth-order valence-corrected chi connectivity index (χ4v) is 2.41. The molecule has 0 aliphatic rings. The average molecular weight is 283 g/mol. The van der Waals surface area contributed by atoms with Gasteiger partial charge in [-0.05, 0) is 42.3 Å². The molecule has 20 heavy (non-hydrogen) atoms. The zero-order chi connectivity index (χ0) is 13.9. The number of hydrogen-bond donors (Lipinski definition) is 1. The van der Waals surface area contributed by atoms with E-state index in [1.165, 1.54) is 11.3 Å². The highest BCUT2D eigenvalue weighted by Gasteiger charge is 2.06. The molecule has 0 fully saturated rings. The number of aryl methyl sites for hydroxylation is 1. The van der Waals surface area contributed by atoms with E-state index in [0.29, 0.717) is 11.0 Å². The predicted molar refractivity (Wildman–Crippen MR) is 81.0 cm³/mol. The number of aromatic nitrogens is 2. The van der Waals surface area contributed by atoms with Gasteiger partial charge in [0.25, 0.3) is 5.19 Å². The maximum atomic E-state index is 5.72. The number of nitrogen functional groups attached to an aromatic ring is 1. The van der Waals surface area contributed by atoms with Crippen LogP contribution >= 0.6 is 11.3 Å². The summed E-state index contributed by atoms with van der Waals surface area (Å²) in [5.41, 5.74) is 8.87. The van der Waals surface area contributed by atoms with Crippen molar-refractivity contribution < 1.29 is 4.74 Å². The van der Waals surface area contributed by atoms with Crippen molar-refractivity contribution in [1.82, 2.24) is 9.97 Å². The molecule has 0 unspecified atom stereocenters. The highest BCUT2D eigenvalue weighted by Crippen LogP contribution is 2.30. The lowest BCUT2D eigenvalue weighted by atomic mass is 10.0. The van der Waals surface area contributed by atoms with Crippen LogP contribution in [0, 0.1) is 6.92 Å². The summed E-state index contributed by atoms with van der Waals surface area (Å²) < 4.78 is 5.72. The molecule has 4 nitrogen and oxygen atoms in total. The molecule has 2 aromatic heterocycles. The first-order valence-corrected chi connectivity index (χ1v) is 7.00. The van der Waals surface area contributed by atoms with E-state index in [9.17, 15) is 0 Å². The van der Waals surface area contributed by atoms with Crippen molar-refractivity contribution >= 4 is 17.2 Å². The highest BCUT2D eigenvalue weighted by molar-refractivity contribution is 7.11. The van der Waals surface area contributed by atoms with Gasteiger partial charge in [-0.2, -0.15) is 0 Å². The van der Waals surface area contributed by atoms with Crippen LogP contribution in [0.5, 0.6) is 10.9 Å². The summed E-state index contributed by atoms with van der Waals surface area (Å²) in [5, 5.41) is 2.52. The fraction of sp³-hybridized carbons (Fsp3) is 0.0667. The Balaban J connectivity index is 1.96. The van der Waals surface area contributed by atoms with Crippen molar-refractivity contribution in [3.8, 4) is 22.1 Å². The van der Waals surface area contributed by atoms with Crippen LogP contribution in [-0.2, 0) is 0 Å². The maximum absolute atomic E-state index is 5.72. The molecule has 0 radical (unpaired) electrons. The molecule has 0 bridgehead atoms. The van der Waals surface area contributed by atoms with E-state index in [0.717, 1.165) is 22.4 Å². The Morgan fingerprint density at radius 2 is 2.05 bits per heavy atom. The Morgan fingerprint density at radius 1 is 1.15 bits per heavy atom.